The summed E-state index contributed by atoms with van der Waals surface area (Å²) < 4.78 is 10.4. The highest BCUT2D eigenvalue weighted by Gasteiger charge is 2.31. The zero-order chi connectivity index (χ0) is 13.0. The molecule has 1 heterocycles. The van der Waals surface area contributed by atoms with Crippen molar-refractivity contribution in [2.75, 3.05) is 20.3 Å². The molecule has 1 unspecified atom stereocenters. The Labute approximate surface area is 107 Å². The van der Waals surface area contributed by atoms with Gasteiger partial charge < -0.3 is 14.6 Å². The van der Waals surface area contributed by atoms with Gasteiger partial charge in [0, 0.05) is 13.2 Å². The number of aliphatic carboxylic acids is 1. The fourth-order valence-electron chi connectivity index (χ4n) is 2.48. The van der Waals surface area contributed by atoms with Crippen molar-refractivity contribution >= 4 is 5.97 Å². The fourth-order valence-corrected chi connectivity index (χ4v) is 2.48. The topological polar surface area (TPSA) is 55.8 Å². The minimum absolute atomic E-state index is 0.157. The van der Waals surface area contributed by atoms with E-state index in [0.29, 0.717) is 13.2 Å². The number of ether oxygens (including phenoxy) is 2. The summed E-state index contributed by atoms with van der Waals surface area (Å²) in [6.07, 6.45) is 1.62. The van der Waals surface area contributed by atoms with E-state index in [9.17, 15) is 9.90 Å². The molecule has 4 nitrogen and oxygen atoms in total. The molecule has 1 aliphatic rings. The van der Waals surface area contributed by atoms with Gasteiger partial charge in [0.1, 0.15) is 5.75 Å². The Hall–Kier alpha value is -1.55. The Balaban J connectivity index is 2.20. The summed E-state index contributed by atoms with van der Waals surface area (Å²) in [5.41, 5.74) is 0.843. The van der Waals surface area contributed by atoms with Gasteiger partial charge in [-0.2, -0.15) is 0 Å². The van der Waals surface area contributed by atoms with Crippen molar-refractivity contribution in [1.29, 1.82) is 0 Å². The summed E-state index contributed by atoms with van der Waals surface area (Å²) in [5, 5.41) is 9.43. The van der Waals surface area contributed by atoms with Crippen LogP contribution in [0.15, 0.2) is 24.3 Å². The number of carboxylic acids is 1. The molecule has 1 aliphatic heterocycles. The maximum Gasteiger partial charge on any atom is 0.311 e. The number of hydrogen-bond donors (Lipinski definition) is 1. The van der Waals surface area contributed by atoms with Crippen LogP contribution in [0.25, 0.3) is 0 Å². The van der Waals surface area contributed by atoms with Crippen LogP contribution in [-0.2, 0) is 9.53 Å². The fraction of sp³-hybridized carbons (Fsp3) is 0.500. The van der Waals surface area contributed by atoms with Crippen molar-refractivity contribution in [3.63, 3.8) is 0 Å². The second-order valence-electron chi connectivity index (χ2n) is 4.54. The number of rotatable bonds is 4. The minimum Gasteiger partial charge on any atom is -0.497 e. The smallest absolute Gasteiger partial charge is 0.311 e. The van der Waals surface area contributed by atoms with Gasteiger partial charge in [-0.15, -0.1) is 0 Å². The quantitative estimate of drug-likeness (QED) is 0.890. The average molecular weight is 250 g/mol. The molecule has 0 spiro atoms. The Bertz CT molecular complexity index is 393. The number of benzene rings is 1. The average Bonchev–Trinajstić information content (AvgIpc) is 2.40. The van der Waals surface area contributed by atoms with E-state index < -0.39 is 11.9 Å². The van der Waals surface area contributed by atoms with E-state index in [2.05, 4.69) is 0 Å². The van der Waals surface area contributed by atoms with Crippen molar-refractivity contribution in [3.8, 4) is 5.75 Å². The molecule has 1 fully saturated rings. The molecule has 0 saturated carbocycles. The maximum atomic E-state index is 11.5. The summed E-state index contributed by atoms with van der Waals surface area (Å²) in [6, 6.07) is 7.30. The zero-order valence-corrected chi connectivity index (χ0v) is 10.5. The van der Waals surface area contributed by atoms with Crippen LogP contribution in [-0.4, -0.2) is 31.4 Å². The van der Waals surface area contributed by atoms with Gasteiger partial charge in [0.05, 0.1) is 13.0 Å². The van der Waals surface area contributed by atoms with E-state index >= 15 is 0 Å². The molecule has 1 aromatic carbocycles. The van der Waals surface area contributed by atoms with Crippen LogP contribution in [0.3, 0.4) is 0 Å². The van der Waals surface area contributed by atoms with Gasteiger partial charge in [-0.25, -0.2) is 0 Å². The highest BCUT2D eigenvalue weighted by Crippen LogP contribution is 2.33. The monoisotopic (exact) mass is 250 g/mol. The van der Waals surface area contributed by atoms with Crippen LogP contribution in [0.5, 0.6) is 5.75 Å². The van der Waals surface area contributed by atoms with Gasteiger partial charge in [-0.3, -0.25) is 4.79 Å². The SMILES string of the molecule is COc1ccc(C(C(=O)O)C2CCOCC2)cc1. The summed E-state index contributed by atoms with van der Waals surface area (Å²) in [6.45, 7) is 1.31. The molecule has 1 aromatic rings. The normalized spacial score (nSPS) is 18.3. The second kappa shape index (κ2) is 5.87. The highest BCUT2D eigenvalue weighted by atomic mass is 16.5. The number of hydrogen-bond acceptors (Lipinski definition) is 3. The van der Waals surface area contributed by atoms with Crippen molar-refractivity contribution in [2.24, 2.45) is 5.92 Å². The van der Waals surface area contributed by atoms with Crippen LogP contribution >= 0.6 is 0 Å². The predicted octanol–water partition coefficient (Wildman–Crippen LogP) is 2.29. The largest absolute Gasteiger partial charge is 0.497 e. The number of carbonyl (C=O) groups is 1. The van der Waals surface area contributed by atoms with E-state index in [0.717, 1.165) is 24.2 Å². The molecular formula is C14H18O4. The van der Waals surface area contributed by atoms with Gasteiger partial charge in [0.15, 0.2) is 0 Å². The summed E-state index contributed by atoms with van der Waals surface area (Å²) in [4.78, 5) is 11.5. The van der Waals surface area contributed by atoms with E-state index in [-0.39, 0.29) is 5.92 Å². The summed E-state index contributed by atoms with van der Waals surface area (Å²) in [7, 11) is 1.60. The highest BCUT2D eigenvalue weighted by molar-refractivity contribution is 5.76. The lowest BCUT2D eigenvalue weighted by Gasteiger charge is -2.27. The first-order valence-corrected chi connectivity index (χ1v) is 6.17. The standard InChI is InChI=1S/C14H18O4/c1-17-12-4-2-10(3-5-12)13(14(15)16)11-6-8-18-9-7-11/h2-5,11,13H,6-9H2,1H3,(H,15,16). The molecule has 2 rings (SSSR count). The van der Waals surface area contributed by atoms with Crippen LogP contribution < -0.4 is 4.74 Å². The molecule has 98 valence electrons. The van der Waals surface area contributed by atoms with E-state index in [1.54, 1.807) is 7.11 Å². The lowest BCUT2D eigenvalue weighted by atomic mass is 9.81. The Kier molecular flexibility index (Phi) is 4.20. The third-order valence-electron chi connectivity index (χ3n) is 3.48. The lowest BCUT2D eigenvalue weighted by molar-refractivity contribution is -0.141. The van der Waals surface area contributed by atoms with Crippen molar-refractivity contribution in [1.82, 2.24) is 0 Å². The minimum atomic E-state index is -0.757. The molecule has 0 aromatic heterocycles. The van der Waals surface area contributed by atoms with Gasteiger partial charge >= 0.3 is 5.97 Å². The molecule has 0 radical (unpaired) electrons. The first kappa shape index (κ1) is 12.9. The summed E-state index contributed by atoms with van der Waals surface area (Å²) >= 11 is 0. The molecule has 0 bridgehead atoms. The molecule has 1 atom stereocenters. The zero-order valence-electron chi connectivity index (χ0n) is 10.5. The van der Waals surface area contributed by atoms with Crippen molar-refractivity contribution < 1.29 is 19.4 Å². The van der Waals surface area contributed by atoms with Gasteiger partial charge in [0.2, 0.25) is 0 Å². The van der Waals surface area contributed by atoms with Gasteiger partial charge in [-0.05, 0) is 36.5 Å². The molecule has 18 heavy (non-hydrogen) atoms. The summed E-state index contributed by atoms with van der Waals surface area (Å²) in [5.74, 6) is -0.300. The third kappa shape index (κ3) is 2.82. The third-order valence-corrected chi connectivity index (χ3v) is 3.48. The molecule has 0 amide bonds. The molecule has 1 N–H and O–H groups in total. The van der Waals surface area contributed by atoms with E-state index in [4.69, 9.17) is 9.47 Å². The van der Waals surface area contributed by atoms with Gasteiger partial charge in [0.25, 0.3) is 0 Å². The van der Waals surface area contributed by atoms with Crippen LogP contribution in [0.2, 0.25) is 0 Å². The predicted molar refractivity (Wildman–Crippen MR) is 66.9 cm³/mol. The number of carboxylic acid groups (broad SMARTS) is 1. The first-order valence-electron chi connectivity index (χ1n) is 6.17. The molecule has 0 aliphatic carbocycles. The van der Waals surface area contributed by atoms with Crippen LogP contribution in [0.4, 0.5) is 0 Å². The Morgan fingerprint density at radius 1 is 1.33 bits per heavy atom. The van der Waals surface area contributed by atoms with E-state index in [1.807, 2.05) is 24.3 Å². The first-order chi connectivity index (χ1) is 8.72. The maximum absolute atomic E-state index is 11.5. The van der Waals surface area contributed by atoms with Crippen LogP contribution in [0, 0.1) is 5.92 Å². The molecule has 4 heteroatoms. The van der Waals surface area contributed by atoms with Crippen molar-refractivity contribution in [3.05, 3.63) is 29.8 Å². The molecular weight excluding hydrogens is 232 g/mol. The van der Waals surface area contributed by atoms with E-state index in [1.165, 1.54) is 0 Å². The lowest BCUT2D eigenvalue weighted by Crippen LogP contribution is -2.27. The van der Waals surface area contributed by atoms with Crippen molar-refractivity contribution in [2.45, 2.75) is 18.8 Å². The Morgan fingerprint density at radius 3 is 2.44 bits per heavy atom. The van der Waals surface area contributed by atoms with Crippen LogP contribution in [0.1, 0.15) is 24.3 Å². The molecule has 1 saturated heterocycles. The Morgan fingerprint density at radius 2 is 1.94 bits per heavy atom. The second-order valence-corrected chi connectivity index (χ2v) is 4.54. The van der Waals surface area contributed by atoms with Gasteiger partial charge in [-0.1, -0.05) is 12.1 Å². The number of methoxy groups -OCH3 is 1.